The zero-order chi connectivity index (χ0) is 11.6. The SMILES string of the molecule is C[C@@H]1CCC/C=C/CCCCCC(=O)OC1. The molecule has 0 N–H and O–H groups in total. The summed E-state index contributed by atoms with van der Waals surface area (Å²) in [5, 5.41) is 0. The van der Waals surface area contributed by atoms with Crippen LogP contribution in [0.2, 0.25) is 0 Å². The summed E-state index contributed by atoms with van der Waals surface area (Å²) in [7, 11) is 0. The minimum absolute atomic E-state index is 0.0144. The zero-order valence-electron chi connectivity index (χ0n) is 10.4. The van der Waals surface area contributed by atoms with Crippen LogP contribution in [0.3, 0.4) is 0 Å². The molecule has 16 heavy (non-hydrogen) atoms. The van der Waals surface area contributed by atoms with E-state index in [1.54, 1.807) is 0 Å². The average Bonchev–Trinajstić information content (AvgIpc) is 2.28. The van der Waals surface area contributed by atoms with Gasteiger partial charge >= 0.3 is 5.97 Å². The van der Waals surface area contributed by atoms with Crippen LogP contribution in [0.15, 0.2) is 12.2 Å². The highest BCUT2D eigenvalue weighted by molar-refractivity contribution is 5.69. The van der Waals surface area contributed by atoms with E-state index in [0.29, 0.717) is 18.9 Å². The van der Waals surface area contributed by atoms with Crippen molar-refractivity contribution < 1.29 is 9.53 Å². The molecule has 1 aliphatic rings. The highest BCUT2D eigenvalue weighted by atomic mass is 16.5. The van der Waals surface area contributed by atoms with Crippen LogP contribution in [-0.2, 0) is 9.53 Å². The Morgan fingerprint density at radius 2 is 1.88 bits per heavy atom. The molecule has 0 saturated carbocycles. The van der Waals surface area contributed by atoms with E-state index < -0.39 is 0 Å². The molecule has 0 aliphatic carbocycles. The van der Waals surface area contributed by atoms with Crippen LogP contribution in [0, 0.1) is 5.92 Å². The first-order valence-electron chi connectivity index (χ1n) is 6.59. The summed E-state index contributed by atoms with van der Waals surface area (Å²) in [6.07, 6.45) is 13.2. The normalized spacial score (nSPS) is 27.8. The minimum Gasteiger partial charge on any atom is -0.465 e. The molecule has 0 saturated heterocycles. The van der Waals surface area contributed by atoms with Crippen molar-refractivity contribution in [3.8, 4) is 0 Å². The Balaban J connectivity index is 2.30. The van der Waals surface area contributed by atoms with Gasteiger partial charge in [0.2, 0.25) is 0 Å². The Labute approximate surface area is 99.1 Å². The van der Waals surface area contributed by atoms with Gasteiger partial charge in [-0.15, -0.1) is 0 Å². The standard InChI is InChI=1S/C14H24O2/c1-13-10-8-6-4-2-3-5-7-9-11-14(15)16-12-13/h2,4,13H,3,5-12H2,1H3/b4-2+/t13-/m1/s1. The third-order valence-corrected chi connectivity index (χ3v) is 3.01. The maximum atomic E-state index is 11.4. The average molecular weight is 224 g/mol. The Morgan fingerprint density at radius 1 is 1.12 bits per heavy atom. The van der Waals surface area contributed by atoms with Crippen molar-refractivity contribution >= 4 is 5.97 Å². The van der Waals surface area contributed by atoms with Crippen molar-refractivity contribution in [3.05, 3.63) is 12.2 Å². The predicted molar refractivity (Wildman–Crippen MR) is 66.2 cm³/mol. The molecule has 92 valence electrons. The number of rotatable bonds is 0. The largest absolute Gasteiger partial charge is 0.465 e. The molecule has 0 aromatic rings. The van der Waals surface area contributed by atoms with Crippen molar-refractivity contribution in [2.75, 3.05) is 6.61 Å². The molecule has 0 aromatic heterocycles. The molecule has 0 aromatic carbocycles. The quantitative estimate of drug-likeness (QED) is 0.461. The summed E-state index contributed by atoms with van der Waals surface area (Å²) >= 11 is 0. The van der Waals surface area contributed by atoms with Gasteiger partial charge in [-0.3, -0.25) is 4.79 Å². The number of hydrogen-bond acceptors (Lipinski definition) is 2. The van der Waals surface area contributed by atoms with Crippen molar-refractivity contribution in [2.24, 2.45) is 5.92 Å². The molecule has 0 unspecified atom stereocenters. The van der Waals surface area contributed by atoms with Gasteiger partial charge in [0.05, 0.1) is 6.61 Å². The van der Waals surface area contributed by atoms with Gasteiger partial charge in [-0.05, 0) is 44.4 Å². The van der Waals surface area contributed by atoms with Crippen molar-refractivity contribution in [1.82, 2.24) is 0 Å². The lowest BCUT2D eigenvalue weighted by Gasteiger charge is -2.11. The van der Waals surface area contributed by atoms with E-state index in [9.17, 15) is 4.79 Å². The van der Waals surface area contributed by atoms with Gasteiger partial charge in [-0.2, -0.15) is 0 Å². The number of esters is 1. The van der Waals surface area contributed by atoms with E-state index in [1.807, 2.05) is 0 Å². The first-order valence-corrected chi connectivity index (χ1v) is 6.59. The molecular weight excluding hydrogens is 200 g/mol. The summed E-state index contributed by atoms with van der Waals surface area (Å²) < 4.78 is 5.24. The van der Waals surface area contributed by atoms with E-state index in [1.165, 1.54) is 12.8 Å². The Bertz CT molecular complexity index is 221. The van der Waals surface area contributed by atoms with Crippen LogP contribution in [0.5, 0.6) is 0 Å². The van der Waals surface area contributed by atoms with E-state index in [-0.39, 0.29) is 5.97 Å². The maximum Gasteiger partial charge on any atom is 0.305 e. The second-order valence-electron chi connectivity index (χ2n) is 4.79. The van der Waals surface area contributed by atoms with Gasteiger partial charge in [-0.25, -0.2) is 0 Å². The minimum atomic E-state index is -0.0144. The number of allylic oxidation sites excluding steroid dienone is 2. The summed E-state index contributed by atoms with van der Waals surface area (Å²) in [6.45, 7) is 2.76. The van der Waals surface area contributed by atoms with Crippen LogP contribution in [-0.4, -0.2) is 12.6 Å². The fourth-order valence-electron chi connectivity index (χ4n) is 1.92. The molecule has 1 rings (SSSR count). The number of hydrogen-bond donors (Lipinski definition) is 0. The summed E-state index contributed by atoms with van der Waals surface area (Å²) in [6, 6.07) is 0. The molecule has 0 bridgehead atoms. The Hall–Kier alpha value is -0.790. The number of carbonyl (C=O) groups is 1. The second kappa shape index (κ2) is 8.37. The number of cyclic esters (lactones) is 1. The smallest absolute Gasteiger partial charge is 0.305 e. The van der Waals surface area contributed by atoms with Crippen LogP contribution in [0.1, 0.15) is 58.3 Å². The summed E-state index contributed by atoms with van der Waals surface area (Å²) in [5.41, 5.74) is 0. The highest BCUT2D eigenvalue weighted by Gasteiger charge is 2.07. The molecule has 0 fully saturated rings. The highest BCUT2D eigenvalue weighted by Crippen LogP contribution is 2.12. The number of ether oxygens (including phenoxy) is 1. The van der Waals surface area contributed by atoms with Gasteiger partial charge < -0.3 is 4.74 Å². The summed E-state index contributed by atoms with van der Waals surface area (Å²) in [5.74, 6) is 0.486. The van der Waals surface area contributed by atoms with Crippen molar-refractivity contribution in [3.63, 3.8) is 0 Å². The maximum absolute atomic E-state index is 11.4. The topological polar surface area (TPSA) is 26.3 Å². The fourth-order valence-corrected chi connectivity index (χ4v) is 1.92. The lowest BCUT2D eigenvalue weighted by Crippen LogP contribution is -2.11. The fraction of sp³-hybridized carbons (Fsp3) is 0.786. The predicted octanol–water partition coefficient (Wildman–Crippen LogP) is 3.86. The lowest BCUT2D eigenvalue weighted by molar-refractivity contribution is -0.145. The third-order valence-electron chi connectivity index (χ3n) is 3.01. The molecule has 1 aliphatic heterocycles. The summed E-state index contributed by atoms with van der Waals surface area (Å²) in [4.78, 5) is 11.4. The first kappa shape index (κ1) is 13.3. The van der Waals surface area contributed by atoms with Gasteiger partial charge in [0.25, 0.3) is 0 Å². The van der Waals surface area contributed by atoms with E-state index in [4.69, 9.17) is 4.74 Å². The zero-order valence-corrected chi connectivity index (χ0v) is 10.4. The molecule has 1 heterocycles. The first-order chi connectivity index (χ1) is 7.79. The second-order valence-corrected chi connectivity index (χ2v) is 4.79. The number of carbonyl (C=O) groups excluding carboxylic acids is 1. The molecule has 2 nitrogen and oxygen atoms in total. The van der Waals surface area contributed by atoms with Gasteiger partial charge in [0.15, 0.2) is 0 Å². The Kier molecular flexibility index (Phi) is 6.95. The molecule has 0 amide bonds. The van der Waals surface area contributed by atoms with Crippen molar-refractivity contribution in [1.29, 1.82) is 0 Å². The Morgan fingerprint density at radius 3 is 2.69 bits per heavy atom. The lowest BCUT2D eigenvalue weighted by atomic mass is 10.0. The van der Waals surface area contributed by atoms with Crippen LogP contribution >= 0.6 is 0 Å². The van der Waals surface area contributed by atoms with E-state index >= 15 is 0 Å². The van der Waals surface area contributed by atoms with E-state index in [0.717, 1.165) is 32.1 Å². The third kappa shape index (κ3) is 6.65. The molecular formula is C14H24O2. The van der Waals surface area contributed by atoms with Crippen LogP contribution < -0.4 is 0 Å². The molecule has 0 spiro atoms. The molecule has 0 radical (unpaired) electrons. The molecule has 1 atom stereocenters. The molecule has 2 heteroatoms. The van der Waals surface area contributed by atoms with E-state index in [2.05, 4.69) is 19.1 Å². The monoisotopic (exact) mass is 224 g/mol. The van der Waals surface area contributed by atoms with Gasteiger partial charge in [0.1, 0.15) is 0 Å². The van der Waals surface area contributed by atoms with Crippen LogP contribution in [0.25, 0.3) is 0 Å². The van der Waals surface area contributed by atoms with Crippen molar-refractivity contribution in [2.45, 2.75) is 58.3 Å². The van der Waals surface area contributed by atoms with Crippen LogP contribution in [0.4, 0.5) is 0 Å². The van der Waals surface area contributed by atoms with Gasteiger partial charge in [0, 0.05) is 6.42 Å². The van der Waals surface area contributed by atoms with Gasteiger partial charge in [-0.1, -0.05) is 25.5 Å².